The summed E-state index contributed by atoms with van der Waals surface area (Å²) in [6.45, 7) is 3.50. The van der Waals surface area contributed by atoms with Gasteiger partial charge in [0.2, 0.25) is 0 Å². The van der Waals surface area contributed by atoms with Crippen LogP contribution in [0.15, 0.2) is 18.2 Å². The molecule has 3 N–H and O–H groups in total. The number of hydrogen-bond acceptors (Lipinski definition) is 2. The van der Waals surface area contributed by atoms with Crippen molar-refractivity contribution in [1.82, 2.24) is 0 Å². The number of hydrogen-bond donors (Lipinski definition) is 2. The normalized spacial score (nSPS) is 15.2. The lowest BCUT2D eigenvalue weighted by Crippen LogP contribution is -2.35. The largest absolute Gasteiger partial charge is 0.396 e. The smallest absolute Gasteiger partial charge is 0.128 e. The van der Waals surface area contributed by atoms with E-state index in [1.807, 2.05) is 13.0 Å². The van der Waals surface area contributed by atoms with Crippen molar-refractivity contribution in [2.24, 2.45) is 5.73 Å². The first-order valence-electron chi connectivity index (χ1n) is 4.64. The molecule has 0 heterocycles. The van der Waals surface area contributed by atoms with Crippen LogP contribution < -0.4 is 5.73 Å². The third-order valence-corrected chi connectivity index (χ3v) is 2.37. The van der Waals surface area contributed by atoms with Gasteiger partial charge in [-0.2, -0.15) is 0 Å². The van der Waals surface area contributed by atoms with Crippen LogP contribution in [0.25, 0.3) is 0 Å². The van der Waals surface area contributed by atoms with Gasteiger partial charge in [-0.1, -0.05) is 12.1 Å². The minimum atomic E-state index is -0.799. The van der Waals surface area contributed by atoms with Crippen LogP contribution in [0.3, 0.4) is 0 Å². The number of aliphatic hydroxyl groups excluding tert-OH is 1. The van der Waals surface area contributed by atoms with Gasteiger partial charge < -0.3 is 10.8 Å². The molecule has 0 radical (unpaired) electrons. The number of benzene rings is 1. The van der Waals surface area contributed by atoms with Gasteiger partial charge >= 0.3 is 0 Å². The maximum Gasteiger partial charge on any atom is 0.128 e. The van der Waals surface area contributed by atoms with Gasteiger partial charge in [0.15, 0.2) is 0 Å². The Morgan fingerprint density at radius 2 is 2.14 bits per heavy atom. The van der Waals surface area contributed by atoms with E-state index in [2.05, 4.69) is 0 Å². The quantitative estimate of drug-likeness (QED) is 0.774. The molecule has 78 valence electrons. The summed E-state index contributed by atoms with van der Waals surface area (Å²) in [7, 11) is 0. The van der Waals surface area contributed by atoms with Crippen LogP contribution in [0, 0.1) is 12.7 Å². The zero-order valence-corrected chi connectivity index (χ0v) is 8.55. The standard InChI is InChI=1S/C11H16FNO/c1-8-3-4-9(10(12)7-8)11(2,13)5-6-14/h3-4,7,14H,5-6,13H2,1-2H3/t11-/m1/s1. The Morgan fingerprint density at radius 3 is 2.64 bits per heavy atom. The third-order valence-electron chi connectivity index (χ3n) is 2.37. The molecule has 0 aliphatic heterocycles. The lowest BCUT2D eigenvalue weighted by Gasteiger charge is -2.24. The average molecular weight is 197 g/mol. The molecule has 3 heteroatoms. The van der Waals surface area contributed by atoms with Crippen LogP contribution >= 0.6 is 0 Å². The van der Waals surface area contributed by atoms with Gasteiger partial charge in [0.1, 0.15) is 5.82 Å². The molecular weight excluding hydrogens is 181 g/mol. The monoisotopic (exact) mass is 197 g/mol. The van der Waals surface area contributed by atoms with Crippen LogP contribution in [0.1, 0.15) is 24.5 Å². The third kappa shape index (κ3) is 2.30. The van der Waals surface area contributed by atoms with Crippen molar-refractivity contribution in [3.05, 3.63) is 35.1 Å². The fourth-order valence-electron chi connectivity index (χ4n) is 1.45. The minimum absolute atomic E-state index is 0.0414. The van der Waals surface area contributed by atoms with Crippen molar-refractivity contribution in [3.63, 3.8) is 0 Å². The highest BCUT2D eigenvalue weighted by molar-refractivity contribution is 5.28. The molecule has 0 fully saturated rings. The number of aliphatic hydroxyl groups is 1. The molecule has 0 aliphatic carbocycles. The van der Waals surface area contributed by atoms with Crippen molar-refractivity contribution in [2.45, 2.75) is 25.8 Å². The Balaban J connectivity index is 3.06. The number of rotatable bonds is 3. The molecule has 0 bridgehead atoms. The lowest BCUT2D eigenvalue weighted by atomic mass is 9.89. The number of aryl methyl sites for hydroxylation is 1. The highest BCUT2D eigenvalue weighted by Crippen LogP contribution is 2.24. The van der Waals surface area contributed by atoms with Crippen molar-refractivity contribution >= 4 is 0 Å². The molecule has 1 atom stereocenters. The summed E-state index contributed by atoms with van der Waals surface area (Å²) in [5.41, 5.74) is 6.42. The van der Waals surface area contributed by atoms with Crippen LogP contribution in [0.2, 0.25) is 0 Å². The first-order chi connectivity index (χ1) is 6.47. The van der Waals surface area contributed by atoms with Crippen molar-refractivity contribution in [3.8, 4) is 0 Å². The van der Waals surface area contributed by atoms with E-state index >= 15 is 0 Å². The molecule has 14 heavy (non-hydrogen) atoms. The van der Waals surface area contributed by atoms with Gasteiger partial charge in [0.05, 0.1) is 0 Å². The number of nitrogens with two attached hydrogens (primary N) is 1. The molecule has 1 rings (SSSR count). The molecule has 0 unspecified atom stereocenters. The zero-order chi connectivity index (χ0) is 10.8. The summed E-state index contributed by atoms with van der Waals surface area (Å²) in [6, 6.07) is 4.96. The summed E-state index contributed by atoms with van der Waals surface area (Å²) in [5, 5.41) is 8.81. The molecule has 0 aromatic heterocycles. The fourth-order valence-corrected chi connectivity index (χ4v) is 1.45. The molecule has 0 aliphatic rings. The fraction of sp³-hybridized carbons (Fsp3) is 0.455. The summed E-state index contributed by atoms with van der Waals surface area (Å²) in [5.74, 6) is -0.302. The van der Waals surface area contributed by atoms with Gasteiger partial charge in [0.25, 0.3) is 0 Å². The molecule has 0 amide bonds. The van der Waals surface area contributed by atoms with Crippen LogP contribution in [-0.2, 0) is 5.54 Å². The van der Waals surface area contributed by atoms with E-state index in [0.29, 0.717) is 12.0 Å². The van der Waals surface area contributed by atoms with Crippen LogP contribution in [0.4, 0.5) is 4.39 Å². The maximum atomic E-state index is 13.5. The Hall–Kier alpha value is -0.930. The molecular formula is C11H16FNO. The van der Waals surface area contributed by atoms with Crippen LogP contribution in [-0.4, -0.2) is 11.7 Å². The van der Waals surface area contributed by atoms with E-state index in [4.69, 9.17) is 10.8 Å². The molecule has 0 saturated carbocycles. The topological polar surface area (TPSA) is 46.2 Å². The maximum absolute atomic E-state index is 13.5. The van der Waals surface area contributed by atoms with Gasteiger partial charge in [-0.3, -0.25) is 0 Å². The molecule has 1 aromatic rings. The van der Waals surface area contributed by atoms with E-state index in [9.17, 15) is 4.39 Å². The Morgan fingerprint density at radius 1 is 1.50 bits per heavy atom. The second kappa shape index (κ2) is 4.07. The first kappa shape index (κ1) is 11.1. The number of halogens is 1. The van der Waals surface area contributed by atoms with E-state index in [1.165, 1.54) is 6.07 Å². The summed E-state index contributed by atoms with van der Waals surface area (Å²) in [6.07, 6.45) is 0.354. The Bertz CT molecular complexity index is 323. The molecule has 1 aromatic carbocycles. The molecule has 0 saturated heterocycles. The van der Waals surface area contributed by atoms with E-state index < -0.39 is 5.54 Å². The second-order valence-corrected chi connectivity index (χ2v) is 3.87. The first-order valence-corrected chi connectivity index (χ1v) is 4.64. The summed E-state index contributed by atoms with van der Waals surface area (Å²) < 4.78 is 13.5. The average Bonchev–Trinajstić information content (AvgIpc) is 2.02. The second-order valence-electron chi connectivity index (χ2n) is 3.87. The zero-order valence-electron chi connectivity index (χ0n) is 8.55. The van der Waals surface area contributed by atoms with Gasteiger partial charge in [-0.25, -0.2) is 4.39 Å². The predicted octanol–water partition coefficient (Wildman–Crippen LogP) is 1.69. The molecule has 2 nitrogen and oxygen atoms in total. The summed E-state index contributed by atoms with van der Waals surface area (Å²) >= 11 is 0. The van der Waals surface area contributed by atoms with E-state index in [1.54, 1.807) is 13.0 Å². The van der Waals surface area contributed by atoms with Crippen LogP contribution in [0.5, 0.6) is 0 Å². The Labute approximate surface area is 83.6 Å². The minimum Gasteiger partial charge on any atom is -0.396 e. The predicted molar refractivity (Wildman–Crippen MR) is 54.4 cm³/mol. The summed E-state index contributed by atoms with van der Waals surface area (Å²) in [4.78, 5) is 0. The van der Waals surface area contributed by atoms with Crippen molar-refractivity contribution in [1.29, 1.82) is 0 Å². The van der Waals surface area contributed by atoms with Gasteiger partial charge in [-0.15, -0.1) is 0 Å². The lowest BCUT2D eigenvalue weighted by molar-refractivity contribution is 0.244. The van der Waals surface area contributed by atoms with E-state index in [-0.39, 0.29) is 12.4 Å². The SMILES string of the molecule is Cc1ccc([C@](C)(N)CCO)c(F)c1. The van der Waals surface area contributed by atoms with E-state index in [0.717, 1.165) is 5.56 Å². The Kier molecular flexibility index (Phi) is 3.24. The van der Waals surface area contributed by atoms with Gasteiger partial charge in [-0.05, 0) is 31.9 Å². The highest BCUT2D eigenvalue weighted by atomic mass is 19.1. The van der Waals surface area contributed by atoms with Crippen molar-refractivity contribution < 1.29 is 9.50 Å². The highest BCUT2D eigenvalue weighted by Gasteiger charge is 2.23. The van der Waals surface area contributed by atoms with Gasteiger partial charge in [0, 0.05) is 17.7 Å². The van der Waals surface area contributed by atoms with Crippen molar-refractivity contribution in [2.75, 3.05) is 6.61 Å². The molecule has 0 spiro atoms.